The summed E-state index contributed by atoms with van der Waals surface area (Å²) < 4.78 is 0. The van der Waals surface area contributed by atoms with Gasteiger partial charge in [-0.05, 0) is 24.8 Å². The summed E-state index contributed by atoms with van der Waals surface area (Å²) in [6.07, 6.45) is 4.68. The maximum absolute atomic E-state index is 12.5. The molecule has 7 heteroatoms. The number of benzene rings is 1. The second kappa shape index (κ2) is 6.53. The van der Waals surface area contributed by atoms with Crippen molar-refractivity contribution in [3.8, 4) is 0 Å². The summed E-state index contributed by atoms with van der Waals surface area (Å²) in [4.78, 5) is 24.4. The predicted molar refractivity (Wildman–Crippen MR) is 79.8 cm³/mol. The number of amides is 1. The number of nitrogens with one attached hydrogen (secondary N) is 1. The van der Waals surface area contributed by atoms with Gasteiger partial charge in [-0.3, -0.25) is 20.8 Å². The number of nitrogens with two attached hydrogens (primary N) is 1. The quantitative estimate of drug-likeness (QED) is 0.492. The molecule has 3 N–H and O–H groups in total. The van der Waals surface area contributed by atoms with Crippen molar-refractivity contribution in [2.24, 2.45) is 11.8 Å². The van der Waals surface area contributed by atoms with Crippen molar-refractivity contribution in [3.63, 3.8) is 0 Å². The minimum Gasteiger partial charge on any atom is -0.341 e. The highest BCUT2D eigenvalue weighted by molar-refractivity contribution is 6.00. The zero-order valence-electron chi connectivity index (χ0n) is 12.0. The first-order valence-corrected chi connectivity index (χ1v) is 7.03. The van der Waals surface area contributed by atoms with E-state index < -0.39 is 4.92 Å². The van der Waals surface area contributed by atoms with E-state index in [0.717, 1.165) is 12.8 Å². The molecule has 0 unspecified atom stereocenters. The summed E-state index contributed by atoms with van der Waals surface area (Å²) in [6.45, 7) is 0.672. The third-order valence-electron chi connectivity index (χ3n) is 3.95. The Morgan fingerprint density at radius 1 is 1.48 bits per heavy atom. The number of non-ortho nitro benzene ring substituents is 1. The van der Waals surface area contributed by atoms with E-state index >= 15 is 0 Å². The molecule has 1 amide bonds. The van der Waals surface area contributed by atoms with Crippen LogP contribution in [0.1, 0.15) is 36.0 Å². The number of rotatable bonds is 5. The van der Waals surface area contributed by atoms with Gasteiger partial charge in [-0.2, -0.15) is 0 Å². The Kier molecular flexibility index (Phi) is 4.74. The monoisotopic (exact) mass is 292 g/mol. The fraction of sp³-hybridized carbons (Fsp3) is 0.500. The molecule has 0 heterocycles. The van der Waals surface area contributed by atoms with E-state index in [1.165, 1.54) is 31.0 Å². The van der Waals surface area contributed by atoms with E-state index in [2.05, 4.69) is 5.43 Å². The Balaban J connectivity index is 2.19. The van der Waals surface area contributed by atoms with Gasteiger partial charge in [0.2, 0.25) is 0 Å². The highest BCUT2D eigenvalue weighted by Crippen LogP contribution is 2.27. The first-order valence-electron chi connectivity index (χ1n) is 7.03. The van der Waals surface area contributed by atoms with Crippen molar-refractivity contribution in [2.75, 3.05) is 19.0 Å². The molecule has 0 aromatic heterocycles. The second-order valence-electron chi connectivity index (χ2n) is 5.47. The molecule has 0 atom stereocenters. The molecule has 114 valence electrons. The number of nitro groups is 1. The maximum Gasteiger partial charge on any atom is 0.270 e. The lowest BCUT2D eigenvalue weighted by Crippen LogP contribution is -2.32. The molecule has 0 aliphatic heterocycles. The van der Waals surface area contributed by atoms with Crippen LogP contribution in [0.2, 0.25) is 0 Å². The number of hydrazine groups is 1. The summed E-state index contributed by atoms with van der Waals surface area (Å²) in [6, 6.07) is 4.04. The van der Waals surface area contributed by atoms with E-state index in [1.54, 1.807) is 11.9 Å². The molecule has 0 spiro atoms. The maximum atomic E-state index is 12.5. The number of hydrogen-bond donors (Lipinski definition) is 2. The summed E-state index contributed by atoms with van der Waals surface area (Å²) in [5.74, 6) is 5.66. The molecular weight excluding hydrogens is 272 g/mol. The Hall–Kier alpha value is -2.15. The van der Waals surface area contributed by atoms with Gasteiger partial charge in [-0.25, -0.2) is 0 Å². The SMILES string of the molecule is CN(CC1CCCC1)C(=O)c1cc([N+](=O)[O-])ccc1NN. The molecule has 0 radical (unpaired) electrons. The first-order chi connectivity index (χ1) is 10.0. The average molecular weight is 292 g/mol. The minimum atomic E-state index is -0.520. The highest BCUT2D eigenvalue weighted by Gasteiger charge is 2.23. The second-order valence-corrected chi connectivity index (χ2v) is 5.47. The smallest absolute Gasteiger partial charge is 0.270 e. The third kappa shape index (κ3) is 3.49. The lowest BCUT2D eigenvalue weighted by molar-refractivity contribution is -0.384. The normalized spacial score (nSPS) is 15.0. The van der Waals surface area contributed by atoms with Gasteiger partial charge >= 0.3 is 0 Å². The number of nitrogen functional groups attached to an aromatic ring is 1. The van der Waals surface area contributed by atoms with Gasteiger partial charge in [0.25, 0.3) is 11.6 Å². The lowest BCUT2D eigenvalue weighted by Gasteiger charge is -2.22. The molecule has 1 aromatic rings. The van der Waals surface area contributed by atoms with Crippen LogP contribution in [0.15, 0.2) is 18.2 Å². The largest absolute Gasteiger partial charge is 0.341 e. The topological polar surface area (TPSA) is 102 Å². The van der Waals surface area contributed by atoms with Gasteiger partial charge in [0.15, 0.2) is 0 Å². The number of hydrogen-bond acceptors (Lipinski definition) is 5. The molecule has 1 fully saturated rings. The first kappa shape index (κ1) is 15.2. The van der Waals surface area contributed by atoms with Gasteiger partial charge in [0.05, 0.1) is 16.2 Å². The number of carbonyl (C=O) groups is 1. The standard InChI is InChI=1S/C14H20N4O3/c1-17(9-10-4-2-3-5-10)14(19)12-8-11(18(20)21)6-7-13(12)16-15/h6-8,10,16H,2-5,9,15H2,1H3. The third-order valence-corrected chi connectivity index (χ3v) is 3.95. The fourth-order valence-electron chi connectivity index (χ4n) is 2.82. The van der Waals surface area contributed by atoms with Gasteiger partial charge < -0.3 is 10.3 Å². The molecule has 2 rings (SSSR count). The minimum absolute atomic E-state index is 0.119. The predicted octanol–water partition coefficient (Wildman–Crippen LogP) is 2.14. The number of anilines is 1. The van der Waals surface area contributed by atoms with Crippen LogP contribution in [-0.4, -0.2) is 29.3 Å². The van der Waals surface area contributed by atoms with Gasteiger partial charge in [-0.15, -0.1) is 0 Å². The molecule has 21 heavy (non-hydrogen) atoms. The van der Waals surface area contributed by atoms with Crippen molar-refractivity contribution < 1.29 is 9.72 Å². The van der Waals surface area contributed by atoms with Crippen molar-refractivity contribution in [3.05, 3.63) is 33.9 Å². The summed E-state index contributed by atoms with van der Waals surface area (Å²) >= 11 is 0. The molecule has 0 saturated heterocycles. The number of nitro benzene ring substituents is 1. The van der Waals surface area contributed by atoms with Crippen LogP contribution in [0.3, 0.4) is 0 Å². The Morgan fingerprint density at radius 2 is 2.14 bits per heavy atom. The van der Waals surface area contributed by atoms with Crippen molar-refractivity contribution in [1.29, 1.82) is 0 Å². The summed E-state index contributed by atoms with van der Waals surface area (Å²) in [5, 5.41) is 10.9. The van der Waals surface area contributed by atoms with E-state index in [4.69, 9.17) is 5.84 Å². The molecule has 1 aromatic carbocycles. The Morgan fingerprint density at radius 3 is 2.71 bits per heavy atom. The van der Waals surface area contributed by atoms with E-state index in [9.17, 15) is 14.9 Å². The van der Waals surface area contributed by atoms with Gasteiger partial charge in [-0.1, -0.05) is 12.8 Å². The van der Waals surface area contributed by atoms with E-state index in [1.807, 2.05) is 0 Å². The van der Waals surface area contributed by atoms with Crippen LogP contribution in [0.4, 0.5) is 11.4 Å². The van der Waals surface area contributed by atoms with Crippen molar-refractivity contribution in [2.45, 2.75) is 25.7 Å². The summed E-state index contributed by atoms with van der Waals surface area (Å²) in [7, 11) is 1.72. The van der Waals surface area contributed by atoms with Crippen molar-refractivity contribution >= 4 is 17.3 Å². The highest BCUT2D eigenvalue weighted by atomic mass is 16.6. The molecule has 7 nitrogen and oxygen atoms in total. The van der Waals surface area contributed by atoms with Crippen molar-refractivity contribution in [1.82, 2.24) is 4.90 Å². The van der Waals surface area contributed by atoms with Crippen LogP contribution in [0.25, 0.3) is 0 Å². The van der Waals surface area contributed by atoms with Gasteiger partial charge in [0, 0.05) is 25.7 Å². The average Bonchev–Trinajstić information content (AvgIpc) is 2.98. The van der Waals surface area contributed by atoms with Crippen LogP contribution in [-0.2, 0) is 0 Å². The van der Waals surface area contributed by atoms with Crippen LogP contribution < -0.4 is 11.3 Å². The van der Waals surface area contributed by atoms with Crippen LogP contribution >= 0.6 is 0 Å². The van der Waals surface area contributed by atoms with Gasteiger partial charge in [0.1, 0.15) is 0 Å². The Bertz CT molecular complexity index is 541. The Labute approximate surface area is 123 Å². The number of nitrogens with zero attached hydrogens (tertiary/aromatic N) is 2. The fourth-order valence-corrected chi connectivity index (χ4v) is 2.82. The molecular formula is C14H20N4O3. The zero-order chi connectivity index (χ0) is 15.4. The molecule has 1 aliphatic carbocycles. The van der Waals surface area contributed by atoms with E-state index in [-0.39, 0.29) is 17.2 Å². The lowest BCUT2D eigenvalue weighted by atomic mass is 10.1. The number of carbonyl (C=O) groups excluding carboxylic acids is 1. The molecule has 1 saturated carbocycles. The van der Waals surface area contributed by atoms with Crippen LogP contribution in [0, 0.1) is 16.0 Å². The molecule has 1 aliphatic rings. The summed E-state index contributed by atoms with van der Waals surface area (Å²) in [5.41, 5.74) is 2.92. The molecule has 0 bridgehead atoms. The zero-order valence-corrected chi connectivity index (χ0v) is 12.0. The van der Waals surface area contributed by atoms with Crippen LogP contribution in [0.5, 0.6) is 0 Å². The van der Waals surface area contributed by atoms with E-state index in [0.29, 0.717) is 18.2 Å².